The third-order valence-corrected chi connectivity index (χ3v) is 6.43. The second-order valence-corrected chi connectivity index (χ2v) is 9.05. The summed E-state index contributed by atoms with van der Waals surface area (Å²) in [4.78, 5) is 22.0. The highest BCUT2D eigenvalue weighted by molar-refractivity contribution is 6.35. The van der Waals surface area contributed by atoms with Crippen LogP contribution in [0.15, 0.2) is 12.2 Å². The zero-order chi connectivity index (χ0) is 21.4. The van der Waals surface area contributed by atoms with Crippen molar-refractivity contribution in [1.29, 1.82) is 0 Å². The molecule has 0 aromatic carbocycles. The SMILES string of the molecule is CCCCCCCCCCCCCCCCOC(=O)C1(Cl)CC=CCC1C(=O)[O-]. The summed E-state index contributed by atoms with van der Waals surface area (Å²) in [5.74, 6) is -2.96. The van der Waals surface area contributed by atoms with E-state index < -0.39 is 22.7 Å². The Hall–Kier alpha value is -1.03. The standard InChI is InChI=1S/C24H41ClO4/c1-2-3-4-5-6-7-8-9-10-11-12-13-14-17-20-29-23(28)24(25)19-16-15-18-21(24)22(26)27/h15-16,21H,2-14,17-20H2,1H3,(H,26,27)/p-1. The van der Waals surface area contributed by atoms with Crippen molar-refractivity contribution < 1.29 is 19.4 Å². The average molecular weight is 428 g/mol. The van der Waals surface area contributed by atoms with E-state index in [2.05, 4.69) is 6.92 Å². The fourth-order valence-corrected chi connectivity index (χ4v) is 4.23. The Morgan fingerprint density at radius 2 is 1.38 bits per heavy atom. The van der Waals surface area contributed by atoms with Gasteiger partial charge < -0.3 is 14.6 Å². The highest BCUT2D eigenvalue weighted by Gasteiger charge is 2.46. The summed E-state index contributed by atoms with van der Waals surface area (Å²) in [6, 6.07) is 0. The van der Waals surface area contributed by atoms with Crippen molar-refractivity contribution in [2.45, 2.75) is 115 Å². The van der Waals surface area contributed by atoms with Crippen molar-refractivity contribution in [3.63, 3.8) is 0 Å². The van der Waals surface area contributed by atoms with E-state index in [0.717, 1.165) is 19.3 Å². The fourth-order valence-electron chi connectivity index (χ4n) is 3.91. The monoisotopic (exact) mass is 427 g/mol. The molecule has 1 aliphatic carbocycles. The third kappa shape index (κ3) is 10.5. The van der Waals surface area contributed by atoms with Crippen molar-refractivity contribution in [2.24, 2.45) is 5.92 Å². The largest absolute Gasteiger partial charge is 0.550 e. The number of allylic oxidation sites excluding steroid dienone is 2. The summed E-state index contributed by atoms with van der Waals surface area (Å²) in [5, 5.41) is 11.3. The van der Waals surface area contributed by atoms with Gasteiger partial charge in [0.2, 0.25) is 0 Å². The number of carbonyl (C=O) groups excluding carboxylic acids is 2. The second kappa shape index (κ2) is 15.8. The predicted octanol–water partition coefficient (Wildman–Crippen LogP) is 5.70. The maximum atomic E-state index is 12.3. The van der Waals surface area contributed by atoms with E-state index in [-0.39, 0.29) is 12.8 Å². The lowest BCUT2D eigenvalue weighted by atomic mass is 9.82. The number of carbonyl (C=O) groups is 2. The molecule has 0 saturated heterocycles. The first-order valence-electron chi connectivity index (χ1n) is 11.7. The molecule has 0 fully saturated rings. The summed E-state index contributed by atoms with van der Waals surface area (Å²) in [6.45, 7) is 2.56. The molecule has 168 valence electrons. The molecular weight excluding hydrogens is 388 g/mol. The molecule has 1 aliphatic rings. The van der Waals surface area contributed by atoms with Gasteiger partial charge in [-0.15, -0.1) is 11.6 Å². The molecule has 29 heavy (non-hydrogen) atoms. The summed E-state index contributed by atoms with van der Waals surface area (Å²) < 4.78 is 5.28. The lowest BCUT2D eigenvalue weighted by molar-refractivity contribution is -0.312. The van der Waals surface area contributed by atoms with Gasteiger partial charge in [0, 0.05) is 11.9 Å². The van der Waals surface area contributed by atoms with E-state index in [9.17, 15) is 14.7 Å². The van der Waals surface area contributed by atoms with Crippen LogP contribution in [0.4, 0.5) is 0 Å². The van der Waals surface area contributed by atoms with Crippen LogP contribution in [0.2, 0.25) is 0 Å². The van der Waals surface area contributed by atoms with Crippen LogP contribution in [0, 0.1) is 5.92 Å². The number of hydrogen-bond acceptors (Lipinski definition) is 4. The van der Waals surface area contributed by atoms with Gasteiger partial charge in [-0.2, -0.15) is 0 Å². The normalized spacial score (nSPS) is 21.2. The van der Waals surface area contributed by atoms with Gasteiger partial charge >= 0.3 is 5.97 Å². The van der Waals surface area contributed by atoms with Gasteiger partial charge in [0.15, 0.2) is 4.87 Å². The van der Waals surface area contributed by atoms with Gasteiger partial charge in [0.1, 0.15) is 0 Å². The van der Waals surface area contributed by atoms with Gasteiger partial charge in [0.05, 0.1) is 6.61 Å². The highest BCUT2D eigenvalue weighted by Crippen LogP contribution is 2.37. The maximum absolute atomic E-state index is 12.3. The Morgan fingerprint density at radius 1 is 0.897 bits per heavy atom. The molecule has 2 unspecified atom stereocenters. The molecule has 2 atom stereocenters. The second-order valence-electron chi connectivity index (χ2n) is 8.38. The number of aliphatic carboxylic acids is 1. The molecule has 0 amide bonds. The minimum atomic E-state index is -1.52. The zero-order valence-corrected chi connectivity index (χ0v) is 19.0. The van der Waals surface area contributed by atoms with E-state index in [4.69, 9.17) is 16.3 Å². The number of alkyl halides is 1. The molecule has 1 rings (SSSR count). The fraction of sp³-hybridized carbons (Fsp3) is 0.833. The van der Waals surface area contributed by atoms with Crippen molar-refractivity contribution in [2.75, 3.05) is 6.61 Å². The Bertz CT molecular complexity index is 491. The number of unbranched alkanes of at least 4 members (excludes halogenated alkanes) is 13. The molecular formula is C24H40ClO4-. The molecule has 0 spiro atoms. The highest BCUT2D eigenvalue weighted by atomic mass is 35.5. The van der Waals surface area contributed by atoms with Gasteiger partial charge in [0.25, 0.3) is 0 Å². The number of ether oxygens (including phenoxy) is 1. The summed E-state index contributed by atoms with van der Waals surface area (Å²) in [6.07, 6.45) is 21.6. The zero-order valence-electron chi connectivity index (χ0n) is 18.3. The summed E-state index contributed by atoms with van der Waals surface area (Å²) in [7, 11) is 0. The Kier molecular flexibility index (Phi) is 14.1. The van der Waals surface area contributed by atoms with Crippen LogP contribution < -0.4 is 5.11 Å². The van der Waals surface area contributed by atoms with E-state index in [0.29, 0.717) is 6.61 Å². The molecule has 0 heterocycles. The first-order chi connectivity index (χ1) is 14.0. The van der Waals surface area contributed by atoms with Gasteiger partial charge in [-0.05, 0) is 19.3 Å². The predicted molar refractivity (Wildman–Crippen MR) is 117 cm³/mol. The molecule has 0 N–H and O–H groups in total. The summed E-state index contributed by atoms with van der Waals surface area (Å²) >= 11 is 6.30. The number of hydrogen-bond donors (Lipinski definition) is 0. The first-order valence-corrected chi connectivity index (χ1v) is 12.1. The molecule has 0 saturated carbocycles. The van der Waals surface area contributed by atoms with Gasteiger partial charge in [-0.1, -0.05) is 103 Å². The topological polar surface area (TPSA) is 66.4 Å². The van der Waals surface area contributed by atoms with Crippen LogP contribution in [0.5, 0.6) is 0 Å². The Morgan fingerprint density at radius 3 is 1.86 bits per heavy atom. The van der Waals surface area contributed by atoms with E-state index >= 15 is 0 Å². The van der Waals surface area contributed by atoms with Crippen LogP contribution in [-0.2, 0) is 14.3 Å². The van der Waals surface area contributed by atoms with E-state index in [1.54, 1.807) is 12.2 Å². The summed E-state index contributed by atoms with van der Waals surface area (Å²) in [5.41, 5.74) is 0. The third-order valence-electron chi connectivity index (χ3n) is 5.86. The average Bonchev–Trinajstić information content (AvgIpc) is 2.70. The van der Waals surface area contributed by atoms with Crippen molar-refractivity contribution in [3.05, 3.63) is 12.2 Å². The number of carboxylic acid groups (broad SMARTS) is 1. The first kappa shape index (κ1) is 26.0. The number of halogens is 1. The Balaban J connectivity index is 1.97. The van der Waals surface area contributed by atoms with E-state index in [1.807, 2.05) is 0 Å². The van der Waals surface area contributed by atoms with Crippen LogP contribution in [0.1, 0.15) is 110 Å². The van der Waals surface area contributed by atoms with Crippen LogP contribution in [-0.4, -0.2) is 23.4 Å². The minimum absolute atomic E-state index is 0.171. The molecule has 0 radical (unpaired) electrons. The number of esters is 1. The minimum Gasteiger partial charge on any atom is -0.550 e. The lowest BCUT2D eigenvalue weighted by Crippen LogP contribution is -2.50. The van der Waals surface area contributed by atoms with Gasteiger partial charge in [-0.25, -0.2) is 0 Å². The molecule has 4 nitrogen and oxygen atoms in total. The molecule has 0 aromatic rings. The van der Waals surface area contributed by atoms with Crippen molar-refractivity contribution in [1.82, 2.24) is 0 Å². The van der Waals surface area contributed by atoms with Crippen LogP contribution in [0.3, 0.4) is 0 Å². The molecule has 5 heteroatoms. The van der Waals surface area contributed by atoms with Crippen LogP contribution >= 0.6 is 11.6 Å². The maximum Gasteiger partial charge on any atom is 0.328 e. The molecule has 0 aliphatic heterocycles. The molecule has 0 bridgehead atoms. The Labute approximate surface area is 182 Å². The molecule has 0 aromatic heterocycles. The van der Waals surface area contributed by atoms with Gasteiger partial charge in [-0.3, -0.25) is 4.79 Å². The number of rotatable bonds is 17. The quantitative estimate of drug-likeness (QED) is 0.129. The lowest BCUT2D eigenvalue weighted by Gasteiger charge is -2.35. The smallest absolute Gasteiger partial charge is 0.328 e. The van der Waals surface area contributed by atoms with E-state index in [1.165, 1.54) is 70.6 Å². The van der Waals surface area contributed by atoms with Crippen molar-refractivity contribution >= 4 is 23.5 Å². The number of carboxylic acids is 1. The van der Waals surface area contributed by atoms with Crippen molar-refractivity contribution in [3.8, 4) is 0 Å². The van der Waals surface area contributed by atoms with Crippen LogP contribution in [0.25, 0.3) is 0 Å².